The van der Waals surface area contributed by atoms with Crippen molar-refractivity contribution in [3.63, 3.8) is 0 Å². The SMILES string of the molecule is CC(C)(C)c1ccc(N(c2ccc(C(C)(C)C)cc2)c2ccc3c4c5c(ccc4n(-c4ccccc4)c3c2)B2c3ccc4c(c6c(n4-c4ccccc4)C=CCC6)c3Oc3cc(-c4cccc6ccccc46)cc(c32)O5)cc1. The largest absolute Gasteiger partial charge is 0.458 e. The predicted molar refractivity (Wildman–Crippen MR) is 328 cm³/mol. The monoisotopic (exact) mass is 1010 g/mol. The number of aryl methyl sites for hydroxylation is 1. The number of hydrogen-bond acceptors (Lipinski definition) is 3. The maximum atomic E-state index is 7.60. The zero-order valence-electron chi connectivity index (χ0n) is 44.9. The predicted octanol–water partition coefficient (Wildman–Crippen LogP) is 17.3. The van der Waals surface area contributed by atoms with E-state index in [1.807, 2.05) is 0 Å². The van der Waals surface area contributed by atoms with Gasteiger partial charge in [-0.2, -0.15) is 0 Å². The molecule has 0 atom stereocenters. The van der Waals surface area contributed by atoms with E-state index in [0.29, 0.717) is 0 Å². The van der Waals surface area contributed by atoms with Gasteiger partial charge < -0.3 is 23.5 Å². The molecule has 0 N–H and O–H groups in total. The molecule has 2 aliphatic heterocycles. The second kappa shape index (κ2) is 17.3. The van der Waals surface area contributed by atoms with Gasteiger partial charge in [0, 0.05) is 50.4 Å². The topological polar surface area (TPSA) is 31.6 Å². The number of anilines is 3. The number of para-hydroxylation sites is 2. The summed E-state index contributed by atoms with van der Waals surface area (Å²) in [7, 11) is 0. The third-order valence-corrected chi connectivity index (χ3v) is 16.8. The van der Waals surface area contributed by atoms with Crippen LogP contribution in [-0.2, 0) is 17.3 Å². The van der Waals surface area contributed by atoms with Crippen LogP contribution in [-0.4, -0.2) is 15.8 Å². The van der Waals surface area contributed by atoms with Gasteiger partial charge in [0.25, 0.3) is 6.71 Å². The zero-order chi connectivity index (χ0) is 52.6. The summed E-state index contributed by atoms with van der Waals surface area (Å²) in [6.07, 6.45) is 6.54. The van der Waals surface area contributed by atoms with Crippen molar-refractivity contribution in [3.05, 3.63) is 235 Å². The van der Waals surface area contributed by atoms with E-state index in [0.717, 1.165) is 119 Å². The Morgan fingerprint density at radius 2 is 1.03 bits per heavy atom. The highest BCUT2D eigenvalue weighted by molar-refractivity contribution is 6.98. The molecule has 0 saturated heterocycles. The second-order valence-electron chi connectivity index (χ2n) is 23.6. The Morgan fingerprint density at radius 3 is 1.65 bits per heavy atom. The zero-order valence-corrected chi connectivity index (χ0v) is 44.9. The standard InChI is InChI=1S/C72H58BN3O2/c1-71(2,3)47-28-32-51(33-29-47)74(52-34-30-48(31-35-52)72(4,5)6)53-36-37-57-63(44-53)76(50-22-11-8-12-23-50)62-41-39-59-70(67(57)62)78-65-43-46(55-26-17-19-45-18-13-14-24-54(45)55)42-64-68(65)73(59)58-38-40-61-66(69(58)77-64)56-25-15-16-27-60(56)75(61)49-20-9-7-10-21-49/h7-14,16-24,26-44H,15,25H2,1-6H3. The number of aromatic nitrogens is 2. The highest BCUT2D eigenvalue weighted by Gasteiger charge is 2.43. The highest BCUT2D eigenvalue weighted by Crippen LogP contribution is 2.49. The van der Waals surface area contributed by atoms with Crippen LogP contribution in [0.3, 0.4) is 0 Å². The Balaban J connectivity index is 0.989. The number of allylic oxidation sites excluding steroid dienone is 1. The number of hydrogen-bond donors (Lipinski definition) is 0. The maximum Gasteiger partial charge on any atom is 0.260 e. The van der Waals surface area contributed by atoms with Crippen LogP contribution in [0.15, 0.2) is 212 Å². The van der Waals surface area contributed by atoms with Gasteiger partial charge in [-0.3, -0.25) is 0 Å². The van der Waals surface area contributed by atoms with Crippen molar-refractivity contribution in [1.29, 1.82) is 0 Å². The molecule has 0 saturated carbocycles. The molecular formula is C72H58BN3O2. The summed E-state index contributed by atoms with van der Waals surface area (Å²) in [6, 6.07) is 75.9. The molecule has 0 spiro atoms. The third-order valence-electron chi connectivity index (χ3n) is 16.8. The fourth-order valence-corrected chi connectivity index (χ4v) is 13.0. The van der Waals surface area contributed by atoms with Gasteiger partial charge in [0.1, 0.15) is 23.0 Å². The minimum Gasteiger partial charge on any atom is -0.458 e. The summed E-state index contributed by atoms with van der Waals surface area (Å²) in [5.74, 6) is 3.47. The summed E-state index contributed by atoms with van der Waals surface area (Å²) in [5, 5.41) is 5.78. The van der Waals surface area contributed by atoms with E-state index in [4.69, 9.17) is 9.47 Å². The van der Waals surface area contributed by atoms with E-state index in [9.17, 15) is 0 Å². The molecule has 4 heterocycles. The van der Waals surface area contributed by atoms with Gasteiger partial charge >= 0.3 is 0 Å². The Bertz CT molecular complexity index is 4380. The van der Waals surface area contributed by atoms with Crippen molar-refractivity contribution in [3.8, 4) is 45.5 Å². The van der Waals surface area contributed by atoms with E-state index in [2.05, 4.69) is 274 Å². The molecule has 0 fully saturated rings. The van der Waals surface area contributed by atoms with E-state index in [1.54, 1.807) is 0 Å². The van der Waals surface area contributed by atoms with E-state index >= 15 is 0 Å². The normalized spacial score (nSPS) is 13.5. The first-order valence-electron chi connectivity index (χ1n) is 27.6. The lowest BCUT2D eigenvalue weighted by Crippen LogP contribution is -2.57. The molecule has 78 heavy (non-hydrogen) atoms. The molecule has 6 heteroatoms. The highest BCUT2D eigenvalue weighted by atomic mass is 16.5. The number of benzene rings is 10. The Hall–Kier alpha value is -9.00. The van der Waals surface area contributed by atoms with Crippen LogP contribution in [0.5, 0.6) is 23.0 Å². The van der Waals surface area contributed by atoms with Crippen molar-refractivity contribution in [2.75, 3.05) is 4.90 Å². The van der Waals surface area contributed by atoms with E-state index in [1.165, 1.54) is 38.5 Å². The second-order valence-corrected chi connectivity index (χ2v) is 23.6. The summed E-state index contributed by atoms with van der Waals surface area (Å²) in [4.78, 5) is 2.41. The van der Waals surface area contributed by atoms with Crippen molar-refractivity contribution < 1.29 is 9.47 Å². The minimum atomic E-state index is -0.162. The molecule has 3 aliphatic rings. The first kappa shape index (κ1) is 46.3. The smallest absolute Gasteiger partial charge is 0.260 e. The average molecular weight is 1010 g/mol. The van der Waals surface area contributed by atoms with Crippen LogP contribution in [0.2, 0.25) is 0 Å². The first-order chi connectivity index (χ1) is 38.0. The average Bonchev–Trinajstić information content (AvgIpc) is 3.82. The fourth-order valence-electron chi connectivity index (χ4n) is 13.0. The quantitative estimate of drug-likeness (QED) is 0.156. The minimum absolute atomic E-state index is 0.0262. The summed E-state index contributed by atoms with van der Waals surface area (Å²) >= 11 is 0. The molecule has 15 rings (SSSR count). The molecule has 2 aromatic heterocycles. The van der Waals surface area contributed by atoms with E-state index in [-0.39, 0.29) is 17.5 Å². The molecule has 12 aromatic rings. The van der Waals surface area contributed by atoms with Crippen molar-refractivity contribution in [2.24, 2.45) is 0 Å². The van der Waals surface area contributed by atoms with Crippen LogP contribution >= 0.6 is 0 Å². The van der Waals surface area contributed by atoms with Gasteiger partial charge in [-0.15, -0.1) is 0 Å². The van der Waals surface area contributed by atoms with Crippen LogP contribution in [0, 0.1) is 0 Å². The van der Waals surface area contributed by atoms with Crippen LogP contribution < -0.4 is 30.8 Å². The van der Waals surface area contributed by atoms with Gasteiger partial charge in [-0.05, 0) is 170 Å². The Morgan fingerprint density at radius 1 is 0.474 bits per heavy atom. The van der Waals surface area contributed by atoms with Gasteiger partial charge in [-0.1, -0.05) is 163 Å². The summed E-state index contributed by atoms with van der Waals surface area (Å²) in [5.41, 5.74) is 19.6. The van der Waals surface area contributed by atoms with Crippen molar-refractivity contribution in [1.82, 2.24) is 9.13 Å². The number of nitrogens with zero attached hydrogens (tertiary/aromatic N) is 3. The van der Waals surface area contributed by atoms with Gasteiger partial charge in [0.05, 0.1) is 21.9 Å². The van der Waals surface area contributed by atoms with Crippen LogP contribution in [0.4, 0.5) is 17.1 Å². The van der Waals surface area contributed by atoms with Crippen LogP contribution in [0.25, 0.3) is 72.1 Å². The molecule has 10 aromatic carbocycles. The molecule has 5 nitrogen and oxygen atoms in total. The number of fused-ring (bicyclic) bond motifs is 13. The number of ether oxygens (including phenoxy) is 2. The van der Waals surface area contributed by atoms with Gasteiger partial charge in [-0.25, -0.2) is 0 Å². The molecule has 376 valence electrons. The summed E-state index contributed by atoms with van der Waals surface area (Å²) in [6.45, 7) is 13.5. The lowest BCUT2D eigenvalue weighted by atomic mass is 9.34. The van der Waals surface area contributed by atoms with Gasteiger partial charge in [0.15, 0.2) is 0 Å². The molecule has 0 amide bonds. The first-order valence-corrected chi connectivity index (χ1v) is 27.6. The van der Waals surface area contributed by atoms with E-state index < -0.39 is 0 Å². The third kappa shape index (κ3) is 7.15. The lowest BCUT2D eigenvalue weighted by Gasteiger charge is -2.34. The molecule has 0 unspecified atom stereocenters. The van der Waals surface area contributed by atoms with Crippen molar-refractivity contribution in [2.45, 2.75) is 65.2 Å². The molecule has 0 bridgehead atoms. The molecule has 0 radical (unpaired) electrons. The number of rotatable bonds is 6. The maximum absolute atomic E-state index is 7.60. The van der Waals surface area contributed by atoms with Gasteiger partial charge in [0.2, 0.25) is 0 Å². The fraction of sp³-hybridized carbons (Fsp3) is 0.139. The van der Waals surface area contributed by atoms with Crippen LogP contribution in [0.1, 0.15) is 70.3 Å². The Kier molecular flexibility index (Phi) is 10.2. The molecule has 1 aliphatic carbocycles. The lowest BCUT2D eigenvalue weighted by molar-refractivity contribution is 0.470. The van der Waals surface area contributed by atoms with Crippen molar-refractivity contribution >= 4 is 89.7 Å². The molecular weight excluding hydrogens is 950 g/mol. The Labute approximate surface area is 456 Å². The summed E-state index contributed by atoms with van der Waals surface area (Å²) < 4.78 is 19.9.